The third-order valence-corrected chi connectivity index (χ3v) is 6.71. The number of aryl methyl sites for hydroxylation is 2. The summed E-state index contributed by atoms with van der Waals surface area (Å²) in [6.45, 7) is 4.12. The van der Waals surface area contributed by atoms with E-state index in [1.54, 1.807) is 25.1 Å². The van der Waals surface area contributed by atoms with Crippen molar-refractivity contribution in [2.45, 2.75) is 24.8 Å². The molecule has 0 aliphatic heterocycles. The quantitative estimate of drug-likeness (QED) is 0.540. The Bertz CT molecular complexity index is 1170. The lowest BCUT2D eigenvalue weighted by Crippen LogP contribution is -2.35. The van der Waals surface area contributed by atoms with Gasteiger partial charge in [0.15, 0.2) is 0 Å². The maximum absolute atomic E-state index is 13.0. The van der Waals surface area contributed by atoms with Crippen molar-refractivity contribution in [1.82, 2.24) is 10.2 Å². The Morgan fingerprint density at radius 2 is 1.59 bits per heavy atom. The van der Waals surface area contributed by atoms with E-state index in [4.69, 9.17) is 0 Å². The molecule has 0 aliphatic carbocycles. The molecule has 0 fully saturated rings. The molecule has 0 radical (unpaired) electrons. The van der Waals surface area contributed by atoms with Crippen LogP contribution in [0.2, 0.25) is 0 Å². The van der Waals surface area contributed by atoms with E-state index in [0.29, 0.717) is 23.4 Å². The molecule has 3 rings (SSSR count). The normalized spacial score (nSPS) is 12.4. The van der Waals surface area contributed by atoms with Crippen LogP contribution in [0.3, 0.4) is 0 Å². The molecule has 32 heavy (non-hydrogen) atoms. The molecule has 0 bridgehead atoms. The van der Waals surface area contributed by atoms with Gasteiger partial charge in [-0.15, -0.1) is 0 Å². The van der Waals surface area contributed by atoms with E-state index in [0.717, 1.165) is 11.1 Å². The molecular weight excluding hydrogens is 422 g/mol. The molecule has 6 nitrogen and oxygen atoms in total. The van der Waals surface area contributed by atoms with Crippen LogP contribution in [0.1, 0.15) is 33.1 Å². The summed E-state index contributed by atoms with van der Waals surface area (Å²) >= 11 is 0. The van der Waals surface area contributed by atoms with Gasteiger partial charge in [-0.2, -0.15) is 0 Å². The van der Waals surface area contributed by atoms with E-state index in [1.807, 2.05) is 68.4 Å². The first-order valence-electron chi connectivity index (χ1n) is 10.4. The molecular formula is C25H29N3O3S. The molecule has 0 heterocycles. The molecule has 0 spiro atoms. The lowest BCUT2D eigenvalue weighted by atomic mass is 10.1. The van der Waals surface area contributed by atoms with Crippen LogP contribution >= 0.6 is 0 Å². The number of sulfonamides is 1. The monoisotopic (exact) mass is 451 g/mol. The Kier molecular flexibility index (Phi) is 7.33. The molecule has 0 saturated carbocycles. The Labute approximate surface area is 190 Å². The number of carbonyl (C=O) groups excluding carboxylic acids is 1. The van der Waals surface area contributed by atoms with E-state index in [-0.39, 0.29) is 16.8 Å². The van der Waals surface area contributed by atoms with Crippen molar-refractivity contribution in [1.29, 1.82) is 0 Å². The second kappa shape index (κ2) is 9.97. The molecule has 168 valence electrons. The van der Waals surface area contributed by atoms with Crippen molar-refractivity contribution < 1.29 is 13.2 Å². The molecule has 1 atom stereocenters. The van der Waals surface area contributed by atoms with Gasteiger partial charge in [-0.1, -0.05) is 54.1 Å². The third kappa shape index (κ3) is 5.75. The highest BCUT2D eigenvalue weighted by Gasteiger charge is 2.20. The zero-order valence-corrected chi connectivity index (χ0v) is 19.6. The molecule has 3 aromatic carbocycles. The van der Waals surface area contributed by atoms with E-state index in [1.165, 1.54) is 12.1 Å². The maximum atomic E-state index is 13.0. The number of carbonyl (C=O) groups is 1. The molecule has 0 saturated heterocycles. The number of likely N-dealkylation sites (N-methyl/N-ethyl adjacent to an activating group) is 1. The zero-order valence-electron chi connectivity index (χ0n) is 18.8. The number of nitrogens with one attached hydrogen (secondary N) is 2. The largest absolute Gasteiger partial charge is 0.350 e. The minimum Gasteiger partial charge on any atom is -0.350 e. The van der Waals surface area contributed by atoms with Gasteiger partial charge in [-0.05, 0) is 63.3 Å². The fourth-order valence-electron chi connectivity index (χ4n) is 3.41. The second-order valence-electron chi connectivity index (χ2n) is 8.05. The highest BCUT2D eigenvalue weighted by atomic mass is 32.2. The number of anilines is 1. The Morgan fingerprint density at radius 1 is 0.938 bits per heavy atom. The smallest absolute Gasteiger partial charge is 0.261 e. The standard InChI is InChI=1S/C25H29N3O3S/c1-18-10-13-21(14-11-18)27-32(30,31)22-15-12-19(2)23(16-22)25(29)26-17-24(28(3)4)20-8-6-5-7-9-20/h5-16,24,27H,17H2,1-4H3,(H,26,29)/t24-/m1/s1. The molecule has 7 heteroatoms. The van der Waals surface area contributed by atoms with Crippen LogP contribution in [0.25, 0.3) is 0 Å². The molecule has 0 aliphatic rings. The van der Waals surface area contributed by atoms with Gasteiger partial charge < -0.3 is 10.2 Å². The minimum atomic E-state index is -3.82. The van der Waals surface area contributed by atoms with Crippen molar-refractivity contribution in [3.8, 4) is 0 Å². The van der Waals surface area contributed by atoms with E-state index >= 15 is 0 Å². The Balaban J connectivity index is 1.78. The van der Waals surface area contributed by atoms with E-state index in [2.05, 4.69) is 10.0 Å². The maximum Gasteiger partial charge on any atom is 0.261 e. The van der Waals surface area contributed by atoms with Crippen LogP contribution < -0.4 is 10.0 Å². The lowest BCUT2D eigenvalue weighted by Gasteiger charge is -2.25. The molecule has 3 aromatic rings. The van der Waals surface area contributed by atoms with Crippen LogP contribution in [-0.4, -0.2) is 39.9 Å². The first-order chi connectivity index (χ1) is 15.2. The minimum absolute atomic E-state index is 0.00410. The van der Waals surface area contributed by atoms with Crippen LogP contribution in [0, 0.1) is 13.8 Å². The van der Waals surface area contributed by atoms with Gasteiger partial charge in [0.1, 0.15) is 0 Å². The number of benzene rings is 3. The fourth-order valence-corrected chi connectivity index (χ4v) is 4.49. The van der Waals surface area contributed by atoms with Gasteiger partial charge >= 0.3 is 0 Å². The molecule has 1 amide bonds. The third-order valence-electron chi connectivity index (χ3n) is 5.33. The van der Waals surface area contributed by atoms with Crippen molar-refractivity contribution in [2.75, 3.05) is 25.4 Å². The van der Waals surface area contributed by atoms with E-state index in [9.17, 15) is 13.2 Å². The van der Waals surface area contributed by atoms with Crippen molar-refractivity contribution in [3.63, 3.8) is 0 Å². The number of amides is 1. The van der Waals surface area contributed by atoms with Gasteiger partial charge in [-0.25, -0.2) is 8.42 Å². The van der Waals surface area contributed by atoms with Gasteiger partial charge in [0.2, 0.25) is 0 Å². The number of hydrogen-bond acceptors (Lipinski definition) is 4. The Morgan fingerprint density at radius 3 is 2.22 bits per heavy atom. The average molecular weight is 452 g/mol. The summed E-state index contributed by atoms with van der Waals surface area (Å²) in [5.41, 5.74) is 3.64. The summed E-state index contributed by atoms with van der Waals surface area (Å²) in [6, 6.07) is 21.6. The van der Waals surface area contributed by atoms with Crippen LogP contribution in [0.15, 0.2) is 77.7 Å². The summed E-state index contributed by atoms with van der Waals surface area (Å²) in [5.74, 6) is -0.308. The zero-order chi connectivity index (χ0) is 23.3. The summed E-state index contributed by atoms with van der Waals surface area (Å²) in [5, 5.41) is 2.96. The van der Waals surface area contributed by atoms with E-state index < -0.39 is 10.0 Å². The van der Waals surface area contributed by atoms with Gasteiger partial charge in [-0.3, -0.25) is 9.52 Å². The Hall–Kier alpha value is -3.16. The summed E-state index contributed by atoms with van der Waals surface area (Å²) in [4.78, 5) is 15.0. The van der Waals surface area contributed by atoms with Crippen LogP contribution in [-0.2, 0) is 10.0 Å². The molecule has 0 unspecified atom stereocenters. The van der Waals surface area contributed by atoms with Crippen LogP contribution in [0.4, 0.5) is 5.69 Å². The molecule has 0 aromatic heterocycles. The van der Waals surface area contributed by atoms with Crippen LogP contribution in [0.5, 0.6) is 0 Å². The summed E-state index contributed by atoms with van der Waals surface area (Å²) in [7, 11) is 0.0898. The summed E-state index contributed by atoms with van der Waals surface area (Å²) < 4.78 is 28.3. The van der Waals surface area contributed by atoms with Gasteiger partial charge in [0.25, 0.3) is 15.9 Å². The molecule has 2 N–H and O–H groups in total. The summed E-state index contributed by atoms with van der Waals surface area (Å²) in [6.07, 6.45) is 0. The average Bonchev–Trinajstić information content (AvgIpc) is 2.76. The predicted molar refractivity (Wildman–Crippen MR) is 128 cm³/mol. The second-order valence-corrected chi connectivity index (χ2v) is 9.73. The lowest BCUT2D eigenvalue weighted by molar-refractivity contribution is 0.0941. The fraction of sp³-hybridized carbons (Fsp3) is 0.240. The van der Waals surface area contributed by atoms with Crippen molar-refractivity contribution in [2.24, 2.45) is 0 Å². The first-order valence-corrected chi connectivity index (χ1v) is 11.9. The van der Waals surface area contributed by atoms with Gasteiger partial charge in [0, 0.05) is 17.8 Å². The van der Waals surface area contributed by atoms with Crippen molar-refractivity contribution in [3.05, 3.63) is 95.1 Å². The van der Waals surface area contributed by atoms with Gasteiger partial charge in [0.05, 0.1) is 10.9 Å². The SMILES string of the molecule is Cc1ccc(NS(=O)(=O)c2ccc(C)c(C(=O)NC[C@H](c3ccccc3)N(C)C)c2)cc1. The highest BCUT2D eigenvalue weighted by molar-refractivity contribution is 7.92. The first kappa shape index (κ1) is 23.5. The topological polar surface area (TPSA) is 78.5 Å². The number of nitrogens with zero attached hydrogens (tertiary/aromatic N) is 1. The van der Waals surface area contributed by atoms with Crippen molar-refractivity contribution >= 4 is 21.6 Å². The highest BCUT2D eigenvalue weighted by Crippen LogP contribution is 2.21. The number of hydrogen-bond donors (Lipinski definition) is 2. The predicted octanol–water partition coefficient (Wildman–Crippen LogP) is 4.14. The number of rotatable bonds is 8.